The van der Waals surface area contributed by atoms with Crippen LogP contribution in [-0.2, 0) is 0 Å². The van der Waals surface area contributed by atoms with Gasteiger partial charge in [-0.3, -0.25) is 9.59 Å². The number of nitrogens with zero attached hydrogens (tertiary/aromatic N) is 1. The molecule has 1 aliphatic rings. The van der Waals surface area contributed by atoms with E-state index in [9.17, 15) is 9.59 Å². The summed E-state index contributed by atoms with van der Waals surface area (Å²) in [5.74, 6) is -0.615. The molecule has 0 radical (unpaired) electrons. The van der Waals surface area contributed by atoms with Crippen LogP contribution in [0.2, 0.25) is 0 Å². The first-order valence-electron chi connectivity index (χ1n) is 6.45. The molecule has 0 fully saturated rings. The Labute approximate surface area is 118 Å². The molecule has 1 aromatic carbocycles. The molecule has 1 aliphatic heterocycles. The topological polar surface area (TPSA) is 37.4 Å². The summed E-state index contributed by atoms with van der Waals surface area (Å²) in [5.41, 5.74) is 3.34. The first-order chi connectivity index (χ1) is 9.47. The molecule has 2 rings (SSSR count). The van der Waals surface area contributed by atoms with E-state index in [1.807, 2.05) is 26.8 Å². The number of hydrogen-bond acceptors (Lipinski definition) is 2. The Morgan fingerprint density at radius 1 is 1.05 bits per heavy atom. The third-order valence-electron chi connectivity index (χ3n) is 3.52. The van der Waals surface area contributed by atoms with Crippen LogP contribution in [0.4, 0.5) is 0 Å². The summed E-state index contributed by atoms with van der Waals surface area (Å²) in [6.45, 7) is 9.70. The monoisotopic (exact) mass is 267 g/mol. The second-order valence-electron chi connectivity index (χ2n) is 4.78. The van der Waals surface area contributed by atoms with E-state index in [2.05, 4.69) is 6.58 Å². The Bertz CT molecular complexity index is 630. The molecule has 1 heterocycles. The number of benzene rings is 1. The van der Waals surface area contributed by atoms with Crippen molar-refractivity contribution in [3.63, 3.8) is 0 Å². The van der Waals surface area contributed by atoms with Crippen LogP contribution >= 0.6 is 0 Å². The molecule has 3 heteroatoms. The molecule has 0 saturated carbocycles. The maximum atomic E-state index is 12.3. The zero-order valence-electron chi connectivity index (χ0n) is 11.9. The van der Waals surface area contributed by atoms with Crippen LogP contribution in [0.25, 0.3) is 0 Å². The first-order valence-corrected chi connectivity index (χ1v) is 6.45. The molecule has 0 atom stereocenters. The SMILES string of the molecule is C=C(/C=C(C)\C(C)=C/C)N1C(=O)c2ccccc2C1=O. The van der Waals surface area contributed by atoms with Gasteiger partial charge in [-0.15, -0.1) is 0 Å². The van der Waals surface area contributed by atoms with E-state index in [-0.39, 0.29) is 11.8 Å². The van der Waals surface area contributed by atoms with Crippen LogP contribution in [0.3, 0.4) is 0 Å². The highest BCUT2D eigenvalue weighted by Crippen LogP contribution is 2.26. The summed E-state index contributed by atoms with van der Waals surface area (Å²) in [6.07, 6.45) is 3.73. The van der Waals surface area contributed by atoms with Crippen molar-refractivity contribution in [2.45, 2.75) is 20.8 Å². The number of rotatable bonds is 3. The molecular formula is C17H17NO2. The van der Waals surface area contributed by atoms with Crippen molar-refractivity contribution in [3.8, 4) is 0 Å². The summed E-state index contributed by atoms with van der Waals surface area (Å²) in [7, 11) is 0. The van der Waals surface area contributed by atoms with Gasteiger partial charge in [-0.25, -0.2) is 4.90 Å². The first kappa shape index (κ1) is 14.0. The molecule has 0 bridgehead atoms. The standard InChI is InChI=1S/C17H17NO2/c1-5-11(2)12(3)10-13(4)18-16(19)14-8-6-7-9-15(14)17(18)20/h5-10H,4H2,1-3H3/b11-5-,12-10-. The maximum Gasteiger partial charge on any atom is 0.266 e. The van der Waals surface area contributed by atoms with E-state index in [0.717, 1.165) is 16.0 Å². The fourth-order valence-electron chi connectivity index (χ4n) is 2.11. The van der Waals surface area contributed by atoms with Gasteiger partial charge < -0.3 is 0 Å². The van der Waals surface area contributed by atoms with Gasteiger partial charge in [0.25, 0.3) is 11.8 Å². The number of amides is 2. The summed E-state index contributed by atoms with van der Waals surface area (Å²) >= 11 is 0. The molecule has 0 spiro atoms. The Morgan fingerprint density at radius 3 is 2.00 bits per heavy atom. The van der Waals surface area contributed by atoms with Gasteiger partial charge in [0.15, 0.2) is 0 Å². The van der Waals surface area contributed by atoms with Crippen LogP contribution < -0.4 is 0 Å². The average molecular weight is 267 g/mol. The van der Waals surface area contributed by atoms with E-state index in [4.69, 9.17) is 0 Å². The minimum atomic E-state index is -0.308. The van der Waals surface area contributed by atoms with Gasteiger partial charge in [0.2, 0.25) is 0 Å². The highest BCUT2D eigenvalue weighted by atomic mass is 16.2. The highest BCUT2D eigenvalue weighted by molar-refractivity contribution is 6.22. The van der Waals surface area contributed by atoms with Crippen molar-refractivity contribution in [2.75, 3.05) is 0 Å². The molecule has 0 N–H and O–H groups in total. The lowest BCUT2D eigenvalue weighted by Gasteiger charge is -2.14. The lowest BCUT2D eigenvalue weighted by Crippen LogP contribution is -2.27. The smallest absolute Gasteiger partial charge is 0.266 e. The molecule has 0 aliphatic carbocycles. The fraction of sp³-hybridized carbons (Fsp3) is 0.176. The number of fused-ring (bicyclic) bond motifs is 1. The lowest BCUT2D eigenvalue weighted by atomic mass is 10.1. The van der Waals surface area contributed by atoms with E-state index in [1.165, 1.54) is 0 Å². The lowest BCUT2D eigenvalue weighted by molar-refractivity contribution is 0.0710. The quantitative estimate of drug-likeness (QED) is 0.618. The van der Waals surface area contributed by atoms with Crippen LogP contribution in [0.15, 0.2) is 59.8 Å². The largest absolute Gasteiger partial charge is 0.268 e. The summed E-state index contributed by atoms with van der Waals surface area (Å²) in [5, 5.41) is 0. The zero-order valence-corrected chi connectivity index (χ0v) is 11.9. The second kappa shape index (κ2) is 5.29. The normalized spacial score (nSPS) is 15.7. The van der Waals surface area contributed by atoms with E-state index in [0.29, 0.717) is 16.8 Å². The molecule has 3 nitrogen and oxygen atoms in total. The minimum Gasteiger partial charge on any atom is -0.268 e. The van der Waals surface area contributed by atoms with Crippen molar-refractivity contribution in [3.05, 3.63) is 71.0 Å². The van der Waals surface area contributed by atoms with Gasteiger partial charge in [-0.2, -0.15) is 0 Å². The predicted octanol–water partition coefficient (Wildman–Crippen LogP) is 3.71. The average Bonchev–Trinajstić information content (AvgIpc) is 2.70. The molecular weight excluding hydrogens is 250 g/mol. The highest BCUT2D eigenvalue weighted by Gasteiger charge is 2.36. The van der Waals surface area contributed by atoms with Gasteiger partial charge in [-0.05, 0) is 44.6 Å². The minimum absolute atomic E-state index is 0.308. The molecule has 0 saturated heterocycles. The third kappa shape index (κ3) is 2.23. The fourth-order valence-corrected chi connectivity index (χ4v) is 2.11. The van der Waals surface area contributed by atoms with Crippen molar-refractivity contribution < 1.29 is 9.59 Å². The second-order valence-corrected chi connectivity index (χ2v) is 4.78. The predicted molar refractivity (Wildman–Crippen MR) is 79.3 cm³/mol. The van der Waals surface area contributed by atoms with Crippen LogP contribution in [0.1, 0.15) is 41.5 Å². The number of imide groups is 1. The number of allylic oxidation sites excluding steroid dienone is 4. The third-order valence-corrected chi connectivity index (χ3v) is 3.52. The van der Waals surface area contributed by atoms with E-state index < -0.39 is 0 Å². The Balaban J connectivity index is 2.35. The number of carbonyl (C=O) groups is 2. The molecule has 0 aromatic heterocycles. The van der Waals surface area contributed by atoms with Crippen molar-refractivity contribution >= 4 is 11.8 Å². The van der Waals surface area contributed by atoms with Gasteiger partial charge in [0, 0.05) is 5.70 Å². The summed E-state index contributed by atoms with van der Waals surface area (Å²) in [4.78, 5) is 25.7. The Morgan fingerprint density at radius 2 is 1.55 bits per heavy atom. The summed E-state index contributed by atoms with van der Waals surface area (Å²) < 4.78 is 0. The molecule has 102 valence electrons. The van der Waals surface area contributed by atoms with Crippen LogP contribution in [-0.4, -0.2) is 16.7 Å². The maximum absolute atomic E-state index is 12.3. The van der Waals surface area contributed by atoms with Crippen LogP contribution in [0, 0.1) is 0 Å². The number of hydrogen-bond donors (Lipinski definition) is 0. The zero-order chi connectivity index (χ0) is 14.9. The Kier molecular flexibility index (Phi) is 3.70. The van der Waals surface area contributed by atoms with Crippen molar-refractivity contribution in [2.24, 2.45) is 0 Å². The van der Waals surface area contributed by atoms with Gasteiger partial charge in [-0.1, -0.05) is 30.4 Å². The van der Waals surface area contributed by atoms with E-state index in [1.54, 1.807) is 30.3 Å². The van der Waals surface area contributed by atoms with Gasteiger partial charge in [0.05, 0.1) is 11.1 Å². The Hall–Kier alpha value is -2.42. The molecule has 0 unspecified atom stereocenters. The van der Waals surface area contributed by atoms with Crippen molar-refractivity contribution in [1.82, 2.24) is 4.90 Å². The number of carbonyl (C=O) groups excluding carboxylic acids is 2. The van der Waals surface area contributed by atoms with Gasteiger partial charge in [0.1, 0.15) is 0 Å². The summed E-state index contributed by atoms with van der Waals surface area (Å²) in [6, 6.07) is 6.83. The van der Waals surface area contributed by atoms with Crippen molar-refractivity contribution in [1.29, 1.82) is 0 Å². The molecule has 2 amide bonds. The molecule has 1 aromatic rings. The van der Waals surface area contributed by atoms with Gasteiger partial charge >= 0.3 is 0 Å². The molecule has 20 heavy (non-hydrogen) atoms. The van der Waals surface area contributed by atoms with Crippen LogP contribution in [0.5, 0.6) is 0 Å². The van der Waals surface area contributed by atoms with E-state index >= 15 is 0 Å².